The number of pyridine rings is 1. The van der Waals surface area contributed by atoms with Crippen LogP contribution in [-0.4, -0.2) is 16.6 Å². The maximum atomic E-state index is 11.5. The van der Waals surface area contributed by atoms with Crippen LogP contribution in [0.25, 0.3) is 0 Å². The van der Waals surface area contributed by atoms with Gasteiger partial charge in [-0.15, -0.1) is 0 Å². The van der Waals surface area contributed by atoms with Gasteiger partial charge in [0.2, 0.25) is 11.6 Å². The summed E-state index contributed by atoms with van der Waals surface area (Å²) in [7, 11) is 0. The molecule has 0 saturated heterocycles. The summed E-state index contributed by atoms with van der Waals surface area (Å²) in [4.78, 5) is 26.8. The van der Waals surface area contributed by atoms with Gasteiger partial charge in [0.05, 0.1) is 5.56 Å². The molecule has 0 atom stereocenters. The lowest BCUT2D eigenvalue weighted by Gasteiger charge is -2.12. The van der Waals surface area contributed by atoms with Gasteiger partial charge in [-0.05, 0) is 12.1 Å². The molecule has 0 amide bonds. The van der Waals surface area contributed by atoms with Crippen molar-refractivity contribution in [2.45, 2.75) is 0 Å². The van der Waals surface area contributed by atoms with E-state index < -0.39 is 11.6 Å². The molecule has 1 aliphatic carbocycles. The zero-order valence-corrected chi connectivity index (χ0v) is 7.71. The summed E-state index contributed by atoms with van der Waals surface area (Å²) in [6.07, 6.45) is 1.43. The Bertz CT molecular complexity index is 436. The van der Waals surface area contributed by atoms with Crippen molar-refractivity contribution in [1.82, 2.24) is 4.98 Å². The number of nitrogens with two attached hydrogens (primary N) is 1. The van der Waals surface area contributed by atoms with Crippen molar-refractivity contribution in [2.75, 3.05) is 0 Å². The minimum Gasteiger partial charge on any atom is -0.394 e. The van der Waals surface area contributed by atoms with E-state index in [9.17, 15) is 9.59 Å². The lowest BCUT2D eigenvalue weighted by atomic mass is 9.98. The van der Waals surface area contributed by atoms with Gasteiger partial charge in [-0.1, -0.05) is 11.6 Å². The molecular formula is C9H5ClN2O2. The summed E-state index contributed by atoms with van der Waals surface area (Å²) in [5.74, 6) is -0.947. The average molecular weight is 209 g/mol. The minimum atomic E-state index is -0.495. The van der Waals surface area contributed by atoms with Crippen molar-refractivity contribution in [3.8, 4) is 0 Å². The van der Waals surface area contributed by atoms with Crippen molar-refractivity contribution in [2.24, 2.45) is 5.73 Å². The topological polar surface area (TPSA) is 73.1 Å². The second-order valence-corrected chi connectivity index (χ2v) is 3.16. The normalized spacial score (nSPS) is 15.8. The van der Waals surface area contributed by atoms with E-state index in [2.05, 4.69) is 4.98 Å². The molecule has 0 aromatic carbocycles. The average Bonchev–Trinajstić information content (AvgIpc) is 2.23. The summed E-state index contributed by atoms with van der Waals surface area (Å²) < 4.78 is 0. The maximum absolute atomic E-state index is 11.5. The fourth-order valence-electron chi connectivity index (χ4n) is 1.24. The van der Waals surface area contributed by atoms with E-state index >= 15 is 0 Å². The first-order valence-corrected chi connectivity index (χ1v) is 4.20. The fourth-order valence-corrected chi connectivity index (χ4v) is 1.42. The largest absolute Gasteiger partial charge is 0.394 e. The Morgan fingerprint density at radius 3 is 2.71 bits per heavy atom. The Morgan fingerprint density at radius 1 is 1.29 bits per heavy atom. The van der Waals surface area contributed by atoms with Crippen LogP contribution in [0.1, 0.15) is 20.8 Å². The Hall–Kier alpha value is -1.68. The smallest absolute Gasteiger partial charge is 0.229 e. The number of hydrogen-bond acceptors (Lipinski definition) is 4. The van der Waals surface area contributed by atoms with E-state index in [1.807, 2.05) is 0 Å². The summed E-state index contributed by atoms with van der Waals surface area (Å²) in [6.45, 7) is 0. The van der Waals surface area contributed by atoms with Crippen LogP contribution in [-0.2, 0) is 0 Å². The standard InChI is InChI=1S/C9H5ClN2O2/c10-5-6(11)9(14)7-4(8(5)13)2-1-3-12-7/h1-3H,11H2. The van der Waals surface area contributed by atoms with Crippen molar-refractivity contribution < 1.29 is 9.59 Å². The molecule has 0 bridgehead atoms. The molecule has 4 nitrogen and oxygen atoms in total. The third-order valence-electron chi connectivity index (χ3n) is 1.95. The lowest BCUT2D eigenvalue weighted by Crippen LogP contribution is -2.25. The number of aromatic nitrogens is 1. The third kappa shape index (κ3) is 1.04. The first-order chi connectivity index (χ1) is 6.63. The molecule has 5 heteroatoms. The van der Waals surface area contributed by atoms with Gasteiger partial charge in [0, 0.05) is 6.20 Å². The highest BCUT2D eigenvalue weighted by Crippen LogP contribution is 2.24. The molecular weight excluding hydrogens is 204 g/mol. The SMILES string of the molecule is NC1=C(Cl)C(=O)c2cccnc2C1=O. The highest BCUT2D eigenvalue weighted by molar-refractivity contribution is 6.49. The van der Waals surface area contributed by atoms with Crippen LogP contribution < -0.4 is 5.73 Å². The second kappa shape index (κ2) is 2.92. The Balaban J connectivity index is 2.73. The van der Waals surface area contributed by atoms with Gasteiger partial charge in [-0.3, -0.25) is 14.6 Å². The molecule has 2 N–H and O–H groups in total. The van der Waals surface area contributed by atoms with Crippen LogP contribution in [0, 0.1) is 0 Å². The van der Waals surface area contributed by atoms with E-state index in [0.29, 0.717) is 0 Å². The van der Waals surface area contributed by atoms with Gasteiger partial charge in [0.15, 0.2) is 0 Å². The van der Waals surface area contributed by atoms with Gasteiger partial charge in [-0.2, -0.15) is 0 Å². The zero-order chi connectivity index (χ0) is 10.3. The van der Waals surface area contributed by atoms with Crippen LogP contribution in [0.5, 0.6) is 0 Å². The van der Waals surface area contributed by atoms with E-state index in [4.69, 9.17) is 17.3 Å². The summed E-state index contributed by atoms with van der Waals surface area (Å²) in [5.41, 5.74) is 5.41. The Kier molecular flexibility index (Phi) is 1.86. The number of carbonyl (C=O) groups excluding carboxylic acids is 2. The van der Waals surface area contributed by atoms with E-state index in [1.54, 1.807) is 6.07 Å². The molecule has 2 rings (SSSR count). The molecule has 70 valence electrons. The number of rotatable bonds is 0. The molecule has 0 spiro atoms. The van der Waals surface area contributed by atoms with Gasteiger partial charge in [0.1, 0.15) is 16.4 Å². The molecule has 0 saturated carbocycles. The lowest BCUT2D eigenvalue weighted by molar-refractivity contribution is 0.0975. The van der Waals surface area contributed by atoms with E-state index in [-0.39, 0.29) is 22.0 Å². The van der Waals surface area contributed by atoms with Crippen molar-refractivity contribution in [1.29, 1.82) is 0 Å². The first-order valence-electron chi connectivity index (χ1n) is 3.82. The zero-order valence-electron chi connectivity index (χ0n) is 6.95. The van der Waals surface area contributed by atoms with Crippen LogP contribution in [0.4, 0.5) is 0 Å². The van der Waals surface area contributed by atoms with Gasteiger partial charge in [-0.25, -0.2) is 0 Å². The van der Waals surface area contributed by atoms with Crippen LogP contribution in [0.3, 0.4) is 0 Å². The molecule has 14 heavy (non-hydrogen) atoms. The third-order valence-corrected chi connectivity index (χ3v) is 2.32. The second-order valence-electron chi connectivity index (χ2n) is 2.79. The quantitative estimate of drug-likeness (QED) is 0.687. The van der Waals surface area contributed by atoms with Crippen LogP contribution in [0.15, 0.2) is 29.1 Å². The predicted molar refractivity (Wildman–Crippen MR) is 50.0 cm³/mol. The van der Waals surface area contributed by atoms with Crippen molar-refractivity contribution in [3.05, 3.63) is 40.3 Å². The van der Waals surface area contributed by atoms with E-state index in [0.717, 1.165) is 0 Å². The van der Waals surface area contributed by atoms with Crippen LogP contribution >= 0.6 is 11.6 Å². The number of halogens is 1. The van der Waals surface area contributed by atoms with E-state index in [1.165, 1.54) is 12.3 Å². The monoisotopic (exact) mass is 208 g/mol. The van der Waals surface area contributed by atoms with Crippen molar-refractivity contribution in [3.63, 3.8) is 0 Å². The summed E-state index contributed by atoms with van der Waals surface area (Å²) in [6, 6.07) is 3.06. The molecule has 1 aliphatic rings. The fraction of sp³-hybridized carbons (Fsp3) is 0. The Labute approximate surface area is 84.4 Å². The first kappa shape index (κ1) is 8.90. The molecule has 0 aliphatic heterocycles. The number of hydrogen-bond donors (Lipinski definition) is 1. The molecule has 0 radical (unpaired) electrons. The minimum absolute atomic E-state index is 0.0689. The molecule has 0 unspecified atom stereocenters. The number of allylic oxidation sites excluding steroid dienone is 2. The molecule has 0 fully saturated rings. The van der Waals surface area contributed by atoms with Gasteiger partial charge < -0.3 is 5.73 Å². The van der Waals surface area contributed by atoms with Crippen molar-refractivity contribution >= 4 is 23.2 Å². The maximum Gasteiger partial charge on any atom is 0.229 e. The molecule has 1 heterocycles. The summed E-state index contributed by atoms with van der Waals surface area (Å²) in [5, 5.41) is -0.226. The molecule has 1 aromatic rings. The van der Waals surface area contributed by atoms with Crippen LogP contribution in [0.2, 0.25) is 0 Å². The Morgan fingerprint density at radius 2 is 2.00 bits per heavy atom. The molecule has 1 aromatic heterocycles. The number of carbonyl (C=O) groups is 2. The highest BCUT2D eigenvalue weighted by atomic mass is 35.5. The number of fused-ring (bicyclic) bond motifs is 1. The van der Waals surface area contributed by atoms with Gasteiger partial charge >= 0.3 is 0 Å². The summed E-state index contributed by atoms with van der Waals surface area (Å²) >= 11 is 5.60. The number of nitrogens with zero attached hydrogens (tertiary/aromatic N) is 1. The highest BCUT2D eigenvalue weighted by Gasteiger charge is 2.30. The number of ketones is 2. The number of Topliss-reactive ketones (excluding diaryl/α,β-unsaturated/α-hetero) is 2. The van der Waals surface area contributed by atoms with Gasteiger partial charge in [0.25, 0.3) is 0 Å². The predicted octanol–water partition coefficient (Wildman–Crippen LogP) is 0.870.